The third-order valence-electron chi connectivity index (χ3n) is 7.82. The summed E-state index contributed by atoms with van der Waals surface area (Å²) >= 11 is 0. The highest BCUT2D eigenvalue weighted by molar-refractivity contribution is 5.72. The van der Waals surface area contributed by atoms with Crippen molar-refractivity contribution < 1.29 is 9.13 Å². The van der Waals surface area contributed by atoms with Crippen molar-refractivity contribution >= 4 is 11.4 Å². The zero-order valence-corrected chi connectivity index (χ0v) is 17.5. The molecule has 6 rings (SSSR count). The number of nitrogens with zero attached hydrogens (tertiary/aromatic N) is 2. The largest absolute Gasteiger partial charge is 0.210 e. The van der Waals surface area contributed by atoms with Crippen LogP contribution in [0.3, 0.4) is 0 Å². The summed E-state index contributed by atoms with van der Waals surface area (Å²) in [4.78, 5) is 0. The maximum Gasteiger partial charge on any atom is 0.210 e. The summed E-state index contributed by atoms with van der Waals surface area (Å²) < 4.78 is 4.45. The van der Waals surface area contributed by atoms with E-state index in [2.05, 4.69) is 121 Å². The van der Waals surface area contributed by atoms with Gasteiger partial charge in [-0.2, -0.15) is 9.13 Å². The van der Waals surface area contributed by atoms with Gasteiger partial charge in [-0.25, -0.2) is 0 Å². The van der Waals surface area contributed by atoms with Crippen LogP contribution in [0.4, 0.5) is 0 Å². The molecule has 0 saturated heterocycles. The molecule has 2 aromatic rings. The van der Waals surface area contributed by atoms with Crippen molar-refractivity contribution in [3.05, 3.63) is 120 Å². The molecular formula is C28H26N2+2. The Hall–Kier alpha value is -3.26. The highest BCUT2D eigenvalue weighted by atomic mass is 15.0. The number of pyridine rings is 2. The average molecular weight is 391 g/mol. The summed E-state index contributed by atoms with van der Waals surface area (Å²) in [5.41, 5.74) is 8.48. The fraction of sp³-hybridized carbons (Fsp3) is 0.214. The van der Waals surface area contributed by atoms with Crippen molar-refractivity contribution in [1.29, 1.82) is 0 Å². The first-order valence-corrected chi connectivity index (χ1v) is 10.8. The van der Waals surface area contributed by atoms with E-state index in [1.54, 1.807) is 11.1 Å². The van der Waals surface area contributed by atoms with Gasteiger partial charge >= 0.3 is 0 Å². The van der Waals surface area contributed by atoms with Crippen LogP contribution in [0.1, 0.15) is 26.7 Å². The number of aromatic nitrogens is 2. The fourth-order valence-corrected chi connectivity index (χ4v) is 5.89. The van der Waals surface area contributed by atoms with Gasteiger partial charge in [0.2, 0.25) is 11.4 Å². The number of hydrogen-bond donors (Lipinski definition) is 0. The molecule has 0 aromatic carbocycles. The van der Waals surface area contributed by atoms with Crippen molar-refractivity contribution in [2.45, 2.75) is 26.7 Å². The van der Waals surface area contributed by atoms with Crippen LogP contribution in [0.25, 0.3) is 11.4 Å². The summed E-state index contributed by atoms with van der Waals surface area (Å²) in [5.74, 6) is 0. The lowest BCUT2D eigenvalue weighted by atomic mass is 9.45. The molecule has 0 radical (unpaired) electrons. The number of allylic oxidation sites excluding steroid dienone is 12. The maximum absolute atomic E-state index is 2.46. The lowest BCUT2D eigenvalue weighted by Crippen LogP contribution is -2.50. The minimum atomic E-state index is 0.00336. The first-order valence-electron chi connectivity index (χ1n) is 10.8. The first-order chi connectivity index (χ1) is 14.6. The van der Waals surface area contributed by atoms with Gasteiger partial charge in [-0.15, -0.1) is 0 Å². The van der Waals surface area contributed by atoms with E-state index in [0.717, 1.165) is 12.8 Å². The van der Waals surface area contributed by atoms with E-state index in [1.807, 2.05) is 0 Å². The van der Waals surface area contributed by atoms with Crippen LogP contribution >= 0.6 is 0 Å². The van der Waals surface area contributed by atoms with Crippen molar-refractivity contribution in [2.24, 2.45) is 10.8 Å². The summed E-state index contributed by atoms with van der Waals surface area (Å²) in [6, 6.07) is 12.5. The van der Waals surface area contributed by atoms with Gasteiger partial charge in [0.05, 0.1) is 0 Å². The monoisotopic (exact) mass is 390 g/mol. The van der Waals surface area contributed by atoms with E-state index in [-0.39, 0.29) is 10.8 Å². The van der Waals surface area contributed by atoms with Crippen molar-refractivity contribution in [3.8, 4) is 0 Å². The van der Waals surface area contributed by atoms with Gasteiger partial charge < -0.3 is 0 Å². The lowest BCUT2D eigenvalue weighted by Gasteiger charge is -2.57. The van der Waals surface area contributed by atoms with Crippen molar-refractivity contribution in [3.63, 3.8) is 0 Å². The van der Waals surface area contributed by atoms with E-state index in [0.29, 0.717) is 0 Å². The molecule has 4 aliphatic rings. The molecule has 4 aliphatic carbocycles. The SMILES string of the molecule is C[C@@]12C3=CC=C4C=C([n+]5ccccc5)C=C(CCC1=CC([n+]1ccccc1)=C3)[C@@]42C. The van der Waals surface area contributed by atoms with E-state index in [4.69, 9.17) is 0 Å². The topological polar surface area (TPSA) is 7.76 Å². The molecule has 1 saturated carbocycles. The van der Waals surface area contributed by atoms with Gasteiger partial charge in [0.1, 0.15) is 0 Å². The van der Waals surface area contributed by atoms with Crippen LogP contribution in [0.2, 0.25) is 0 Å². The minimum Gasteiger partial charge on any atom is -0.167 e. The molecule has 0 unspecified atom stereocenters. The van der Waals surface area contributed by atoms with E-state index < -0.39 is 0 Å². The highest BCUT2D eigenvalue weighted by Crippen LogP contribution is 2.67. The second-order valence-corrected chi connectivity index (χ2v) is 9.04. The maximum atomic E-state index is 2.46. The van der Waals surface area contributed by atoms with Gasteiger partial charge in [-0.05, 0) is 24.0 Å². The summed E-state index contributed by atoms with van der Waals surface area (Å²) in [5, 5.41) is 0. The van der Waals surface area contributed by atoms with Crippen molar-refractivity contribution in [2.75, 3.05) is 0 Å². The zero-order chi connectivity index (χ0) is 20.3. The molecule has 2 aromatic heterocycles. The summed E-state index contributed by atoms with van der Waals surface area (Å²) in [6.07, 6.45) is 25.1. The predicted molar refractivity (Wildman–Crippen MR) is 120 cm³/mol. The predicted octanol–water partition coefficient (Wildman–Crippen LogP) is 5.20. The Morgan fingerprint density at radius 2 is 0.967 bits per heavy atom. The Kier molecular flexibility index (Phi) is 3.59. The number of rotatable bonds is 2. The van der Waals surface area contributed by atoms with Crippen LogP contribution in [-0.2, 0) is 0 Å². The number of hydrogen-bond acceptors (Lipinski definition) is 0. The van der Waals surface area contributed by atoms with Crippen molar-refractivity contribution in [1.82, 2.24) is 0 Å². The van der Waals surface area contributed by atoms with Gasteiger partial charge in [-0.3, -0.25) is 0 Å². The average Bonchev–Trinajstić information content (AvgIpc) is 2.79. The quantitative estimate of drug-likeness (QED) is 0.623. The molecule has 2 heterocycles. The summed E-state index contributed by atoms with van der Waals surface area (Å²) in [7, 11) is 0. The van der Waals surface area contributed by atoms with Crippen LogP contribution in [0.5, 0.6) is 0 Å². The molecule has 0 amide bonds. The molecule has 30 heavy (non-hydrogen) atoms. The van der Waals surface area contributed by atoms with Crippen LogP contribution < -0.4 is 9.13 Å². The van der Waals surface area contributed by atoms with Gasteiger partial charge in [0.25, 0.3) is 0 Å². The highest BCUT2D eigenvalue weighted by Gasteiger charge is 2.58. The van der Waals surface area contributed by atoms with Gasteiger partial charge in [0, 0.05) is 59.4 Å². The third kappa shape index (κ3) is 2.19. The molecule has 0 spiro atoms. The normalized spacial score (nSPS) is 28.9. The molecule has 1 fully saturated rings. The smallest absolute Gasteiger partial charge is 0.167 e. The third-order valence-corrected chi connectivity index (χ3v) is 7.82. The Bertz CT molecular complexity index is 1140. The Morgan fingerprint density at radius 3 is 1.37 bits per heavy atom. The second-order valence-electron chi connectivity index (χ2n) is 9.04. The van der Waals surface area contributed by atoms with Gasteiger partial charge in [-0.1, -0.05) is 49.3 Å². The molecule has 146 valence electrons. The molecule has 0 bridgehead atoms. The Balaban J connectivity index is 1.54. The minimum absolute atomic E-state index is 0.00336. The standard InChI is InChI=1S/C28H26N2/c1-27-21-9-11-23-19-26(30-15-7-4-8-16-30)20-24(28(23,27)2)12-10-22(27)18-25(17-21)29-13-5-3-6-14-29/h3-9,11,13-20H,10,12H2,1-2H3/q+2/t27-,28-/m1/s1. The van der Waals surface area contributed by atoms with E-state index in [1.165, 1.54) is 22.5 Å². The van der Waals surface area contributed by atoms with Crippen LogP contribution in [0, 0.1) is 10.8 Å². The second kappa shape index (κ2) is 6.12. The van der Waals surface area contributed by atoms with Gasteiger partial charge in [0.15, 0.2) is 24.8 Å². The van der Waals surface area contributed by atoms with E-state index >= 15 is 0 Å². The summed E-state index contributed by atoms with van der Waals surface area (Å²) in [6.45, 7) is 4.92. The Morgan fingerprint density at radius 1 is 0.567 bits per heavy atom. The Labute approximate surface area is 178 Å². The lowest BCUT2D eigenvalue weighted by molar-refractivity contribution is -0.579. The van der Waals surface area contributed by atoms with E-state index in [9.17, 15) is 0 Å². The molecule has 2 nitrogen and oxygen atoms in total. The molecule has 2 heteroatoms. The van der Waals surface area contributed by atoms with Crippen LogP contribution in [0.15, 0.2) is 120 Å². The first kappa shape index (κ1) is 17.6. The molecule has 0 aliphatic heterocycles. The molecule has 2 atom stereocenters. The van der Waals surface area contributed by atoms with Crippen LogP contribution in [-0.4, -0.2) is 0 Å². The molecular weight excluding hydrogens is 364 g/mol. The fourth-order valence-electron chi connectivity index (χ4n) is 5.89. The zero-order valence-electron chi connectivity index (χ0n) is 17.5. The molecule has 0 N–H and O–H groups in total.